The summed E-state index contributed by atoms with van der Waals surface area (Å²) in [5.74, 6) is -3.12. The van der Waals surface area contributed by atoms with Gasteiger partial charge in [0.05, 0.1) is 17.9 Å². The van der Waals surface area contributed by atoms with Gasteiger partial charge in [-0.3, -0.25) is 14.4 Å². The van der Waals surface area contributed by atoms with Crippen molar-refractivity contribution in [2.24, 2.45) is 11.8 Å². The molecule has 2 amide bonds. The highest BCUT2D eigenvalue weighted by atomic mass is 16.5. The molecule has 0 saturated carbocycles. The lowest BCUT2D eigenvalue weighted by Gasteiger charge is -2.36. The number of hydrogen-bond donors (Lipinski definition) is 2. The van der Waals surface area contributed by atoms with E-state index in [9.17, 15) is 19.5 Å². The molecule has 5 atom stereocenters. The summed E-state index contributed by atoms with van der Waals surface area (Å²) in [7, 11) is 0. The Hall–Kier alpha value is -1.93. The minimum absolute atomic E-state index is 0.138. The molecule has 0 aliphatic carbocycles. The number of aliphatic hydroxyl groups excluding tert-OH is 1. The van der Waals surface area contributed by atoms with E-state index in [0.717, 1.165) is 32.1 Å². The SMILES string of the molecule is C=CCN(CCCCC)C(=O)[C@H]1N(CCCCCCO)C(=O)[C@@H]2[C@@H](C(=O)O)[C@H]3CC[C@]21O3. The highest BCUT2D eigenvalue weighted by Gasteiger charge is 2.74. The highest BCUT2D eigenvalue weighted by Crippen LogP contribution is 2.58. The standard InChI is InChI=1S/C24H38N2O6/c1-3-5-8-14-25(13-4-2)22(29)20-24-12-11-17(32-24)18(23(30)31)19(24)21(28)26(20)15-9-6-7-10-16-27/h4,17-20,27H,2-3,5-16H2,1H3,(H,30,31)/t17-,18+,19+,20-,24+/m1/s1. The summed E-state index contributed by atoms with van der Waals surface area (Å²) in [6.07, 6.45) is 8.30. The Morgan fingerprint density at radius 3 is 2.66 bits per heavy atom. The fourth-order valence-electron chi connectivity index (χ4n) is 5.87. The summed E-state index contributed by atoms with van der Waals surface area (Å²) in [6.45, 7) is 7.41. The second kappa shape index (κ2) is 10.8. The van der Waals surface area contributed by atoms with Gasteiger partial charge < -0.3 is 24.7 Å². The molecule has 0 aromatic rings. The van der Waals surface area contributed by atoms with Crippen LogP contribution in [0.3, 0.4) is 0 Å². The van der Waals surface area contributed by atoms with Crippen LogP contribution in [0.5, 0.6) is 0 Å². The van der Waals surface area contributed by atoms with Gasteiger partial charge >= 0.3 is 5.97 Å². The number of rotatable bonds is 14. The van der Waals surface area contributed by atoms with E-state index in [1.807, 2.05) is 0 Å². The third-order valence-corrected chi connectivity index (χ3v) is 7.32. The van der Waals surface area contributed by atoms with Crippen molar-refractivity contribution in [3.8, 4) is 0 Å². The average molecular weight is 451 g/mol. The molecule has 32 heavy (non-hydrogen) atoms. The molecule has 0 aromatic heterocycles. The molecule has 0 aromatic carbocycles. The maximum absolute atomic E-state index is 13.8. The molecule has 3 fully saturated rings. The van der Waals surface area contributed by atoms with Crippen molar-refractivity contribution in [2.75, 3.05) is 26.2 Å². The minimum atomic E-state index is -1.04. The Balaban J connectivity index is 1.87. The molecule has 3 heterocycles. The van der Waals surface area contributed by atoms with Crippen molar-refractivity contribution in [1.29, 1.82) is 0 Å². The molecule has 8 nitrogen and oxygen atoms in total. The van der Waals surface area contributed by atoms with Gasteiger partial charge in [-0.25, -0.2) is 0 Å². The third kappa shape index (κ3) is 4.44. The van der Waals surface area contributed by atoms with Crippen molar-refractivity contribution in [1.82, 2.24) is 9.80 Å². The number of carboxylic acids is 1. The molecular weight excluding hydrogens is 412 g/mol. The number of carbonyl (C=O) groups is 3. The van der Waals surface area contributed by atoms with Crippen LogP contribution in [0, 0.1) is 11.8 Å². The number of fused-ring (bicyclic) bond motifs is 1. The molecule has 0 radical (unpaired) electrons. The summed E-state index contributed by atoms with van der Waals surface area (Å²) in [5.41, 5.74) is -1.04. The van der Waals surface area contributed by atoms with Gasteiger partial charge in [0.25, 0.3) is 0 Å². The molecule has 0 unspecified atom stereocenters. The third-order valence-electron chi connectivity index (χ3n) is 7.32. The molecular formula is C24H38N2O6. The van der Waals surface area contributed by atoms with Gasteiger partial charge in [-0.1, -0.05) is 38.7 Å². The summed E-state index contributed by atoms with van der Waals surface area (Å²) < 4.78 is 6.24. The quantitative estimate of drug-likeness (QED) is 0.310. The van der Waals surface area contributed by atoms with E-state index >= 15 is 0 Å². The van der Waals surface area contributed by atoms with Crippen LogP contribution in [0.1, 0.15) is 64.7 Å². The Morgan fingerprint density at radius 2 is 2.00 bits per heavy atom. The monoisotopic (exact) mass is 450 g/mol. The molecule has 3 aliphatic rings. The van der Waals surface area contributed by atoms with Gasteiger partial charge in [0.15, 0.2) is 0 Å². The number of amides is 2. The predicted octanol–water partition coefficient (Wildman–Crippen LogP) is 2.20. The lowest BCUT2D eigenvalue weighted by Crippen LogP contribution is -2.56. The lowest BCUT2D eigenvalue weighted by molar-refractivity contribution is -0.151. The van der Waals surface area contributed by atoms with Crippen LogP contribution in [0.2, 0.25) is 0 Å². The fraction of sp³-hybridized carbons (Fsp3) is 0.792. The summed E-state index contributed by atoms with van der Waals surface area (Å²) in [6, 6.07) is -0.784. The molecule has 2 N–H and O–H groups in total. The normalized spacial score (nSPS) is 30.6. The van der Waals surface area contributed by atoms with Gasteiger partial charge in [-0.2, -0.15) is 0 Å². The summed E-state index contributed by atoms with van der Waals surface area (Å²) in [5, 5.41) is 18.8. The Morgan fingerprint density at radius 1 is 1.25 bits per heavy atom. The maximum atomic E-state index is 13.8. The Bertz CT molecular complexity index is 713. The van der Waals surface area contributed by atoms with Crippen molar-refractivity contribution in [3.63, 3.8) is 0 Å². The number of nitrogens with zero attached hydrogens (tertiary/aromatic N) is 2. The molecule has 3 rings (SSSR count). The number of hydrogen-bond acceptors (Lipinski definition) is 5. The summed E-state index contributed by atoms with van der Waals surface area (Å²) in [4.78, 5) is 42.7. The van der Waals surface area contributed by atoms with E-state index < -0.39 is 35.6 Å². The lowest BCUT2D eigenvalue weighted by atomic mass is 9.70. The van der Waals surface area contributed by atoms with Crippen molar-refractivity contribution >= 4 is 17.8 Å². The molecule has 8 heteroatoms. The molecule has 1 spiro atoms. The van der Waals surface area contributed by atoms with E-state index in [1.54, 1.807) is 15.9 Å². The second-order valence-corrected chi connectivity index (χ2v) is 9.34. The Kier molecular flexibility index (Phi) is 8.33. The minimum Gasteiger partial charge on any atom is -0.481 e. The largest absolute Gasteiger partial charge is 0.481 e. The zero-order chi connectivity index (χ0) is 23.3. The van der Waals surface area contributed by atoms with E-state index in [0.29, 0.717) is 45.3 Å². The number of carboxylic acid groups (broad SMARTS) is 1. The van der Waals surface area contributed by atoms with Crippen LogP contribution in [-0.4, -0.2) is 81.8 Å². The number of aliphatic carboxylic acids is 1. The van der Waals surface area contributed by atoms with Gasteiger partial charge in [-0.05, 0) is 32.1 Å². The van der Waals surface area contributed by atoms with Crippen LogP contribution in [-0.2, 0) is 19.1 Å². The van der Waals surface area contributed by atoms with Crippen LogP contribution in [0.4, 0.5) is 0 Å². The zero-order valence-electron chi connectivity index (χ0n) is 19.2. The number of aliphatic hydroxyl groups is 1. The molecule has 3 aliphatic heterocycles. The van der Waals surface area contributed by atoms with Gasteiger partial charge in [0.2, 0.25) is 11.8 Å². The van der Waals surface area contributed by atoms with Crippen LogP contribution in [0.15, 0.2) is 12.7 Å². The Labute approximate surface area is 190 Å². The predicted molar refractivity (Wildman–Crippen MR) is 119 cm³/mol. The van der Waals surface area contributed by atoms with E-state index in [1.165, 1.54) is 0 Å². The van der Waals surface area contributed by atoms with Crippen molar-refractivity contribution in [3.05, 3.63) is 12.7 Å². The molecule has 180 valence electrons. The topological polar surface area (TPSA) is 107 Å². The first-order chi connectivity index (χ1) is 15.4. The first-order valence-electron chi connectivity index (χ1n) is 12.1. The summed E-state index contributed by atoms with van der Waals surface area (Å²) >= 11 is 0. The van der Waals surface area contributed by atoms with Crippen LogP contribution in [0.25, 0.3) is 0 Å². The zero-order valence-corrected chi connectivity index (χ0v) is 19.2. The first-order valence-corrected chi connectivity index (χ1v) is 12.1. The van der Waals surface area contributed by atoms with E-state index in [2.05, 4.69) is 13.5 Å². The second-order valence-electron chi connectivity index (χ2n) is 9.34. The molecule has 2 bridgehead atoms. The maximum Gasteiger partial charge on any atom is 0.310 e. The van der Waals surface area contributed by atoms with Crippen LogP contribution < -0.4 is 0 Å². The fourth-order valence-corrected chi connectivity index (χ4v) is 5.87. The van der Waals surface area contributed by atoms with E-state index in [-0.39, 0.29) is 18.4 Å². The number of ether oxygens (including phenoxy) is 1. The van der Waals surface area contributed by atoms with Crippen LogP contribution >= 0.6 is 0 Å². The highest BCUT2D eigenvalue weighted by molar-refractivity contribution is 5.98. The van der Waals surface area contributed by atoms with Crippen molar-refractivity contribution in [2.45, 2.75) is 82.5 Å². The smallest absolute Gasteiger partial charge is 0.310 e. The molecule has 3 saturated heterocycles. The number of likely N-dealkylation sites (tertiary alicyclic amines) is 1. The van der Waals surface area contributed by atoms with Gasteiger partial charge in [0, 0.05) is 26.2 Å². The number of unbranched alkanes of at least 4 members (excludes halogenated alkanes) is 5. The average Bonchev–Trinajstić information content (AvgIpc) is 3.40. The van der Waals surface area contributed by atoms with E-state index in [4.69, 9.17) is 9.84 Å². The number of carbonyl (C=O) groups excluding carboxylic acids is 2. The van der Waals surface area contributed by atoms with Crippen molar-refractivity contribution < 1.29 is 29.3 Å². The van der Waals surface area contributed by atoms with Gasteiger partial charge in [0.1, 0.15) is 11.6 Å². The van der Waals surface area contributed by atoms with Gasteiger partial charge in [-0.15, -0.1) is 6.58 Å². The first kappa shape index (κ1) is 24.7.